The maximum atomic E-state index is 12.3. The smallest absolute Gasteiger partial charge is 0.306 e. The molecule has 390 valence electrons. The summed E-state index contributed by atoms with van der Waals surface area (Å²) in [7, 11) is 0. The summed E-state index contributed by atoms with van der Waals surface area (Å²) < 4.78 is 10.7. The molecule has 0 saturated heterocycles. The summed E-state index contributed by atoms with van der Waals surface area (Å²) in [6.07, 6.45) is 91.6. The van der Waals surface area contributed by atoms with Gasteiger partial charge in [0.05, 0.1) is 6.61 Å². The van der Waals surface area contributed by atoms with Gasteiger partial charge in [-0.2, -0.15) is 0 Å². The summed E-state index contributed by atoms with van der Waals surface area (Å²) in [6.45, 7) is 3.87. The van der Waals surface area contributed by atoms with E-state index in [9.17, 15) is 14.7 Å². The monoisotopic (exact) mass is 961 g/mol. The number of aliphatic hydroxyl groups excluding tert-OH is 1. The second-order valence-corrected chi connectivity index (χ2v) is 17.5. The number of carbonyl (C=O) groups is 2. The van der Waals surface area contributed by atoms with Gasteiger partial charge in [-0.05, 0) is 128 Å². The van der Waals surface area contributed by atoms with Gasteiger partial charge in [0.1, 0.15) is 6.61 Å². The summed E-state index contributed by atoms with van der Waals surface area (Å²) in [5.41, 5.74) is 0. The maximum absolute atomic E-state index is 12.3. The molecule has 1 atom stereocenters. The number of carbonyl (C=O) groups excluding carboxylic acids is 2. The van der Waals surface area contributed by atoms with Gasteiger partial charge in [-0.15, -0.1) is 0 Å². The van der Waals surface area contributed by atoms with Crippen molar-refractivity contribution < 1.29 is 24.2 Å². The van der Waals surface area contributed by atoms with Gasteiger partial charge in [0.15, 0.2) is 6.10 Å². The molecule has 0 fully saturated rings. The van der Waals surface area contributed by atoms with Gasteiger partial charge in [-0.3, -0.25) is 9.59 Å². The normalized spacial score (nSPS) is 13.6. The van der Waals surface area contributed by atoms with Crippen LogP contribution >= 0.6 is 0 Å². The van der Waals surface area contributed by atoms with E-state index in [4.69, 9.17) is 9.47 Å². The number of aliphatic hydroxyl groups is 1. The molecule has 0 aliphatic rings. The molecule has 5 nitrogen and oxygen atoms in total. The minimum atomic E-state index is -0.805. The first-order chi connectivity index (χ1) is 34.6. The number of allylic oxidation sites excluding steroid dienone is 28. The number of hydrogen-bond acceptors (Lipinski definition) is 5. The Balaban J connectivity index is 3.67. The van der Waals surface area contributed by atoms with Crippen molar-refractivity contribution in [3.8, 4) is 0 Å². The second kappa shape index (κ2) is 58.6. The van der Waals surface area contributed by atoms with Crippen LogP contribution in [0.1, 0.15) is 206 Å². The van der Waals surface area contributed by atoms with Crippen LogP contribution in [0.5, 0.6) is 0 Å². The Hall–Kier alpha value is -4.74. The minimum absolute atomic E-state index is 0.0936. The highest BCUT2D eigenvalue weighted by atomic mass is 16.6. The van der Waals surface area contributed by atoms with E-state index in [1.54, 1.807) is 0 Å². The molecule has 5 heteroatoms. The third kappa shape index (κ3) is 55.9. The number of hydrogen-bond donors (Lipinski definition) is 1. The van der Waals surface area contributed by atoms with Crippen LogP contribution in [0.4, 0.5) is 0 Å². The summed E-state index contributed by atoms with van der Waals surface area (Å²) in [4.78, 5) is 24.5. The molecular formula is C65H100O5. The van der Waals surface area contributed by atoms with Crippen molar-refractivity contribution in [1.29, 1.82) is 0 Å². The molecule has 1 N–H and O–H groups in total. The van der Waals surface area contributed by atoms with Crippen molar-refractivity contribution in [2.45, 2.75) is 213 Å². The average molecular weight is 962 g/mol. The van der Waals surface area contributed by atoms with E-state index in [-0.39, 0.29) is 25.2 Å². The molecule has 1 unspecified atom stereocenters. The molecule has 0 amide bonds. The molecule has 70 heavy (non-hydrogen) atoms. The van der Waals surface area contributed by atoms with Gasteiger partial charge in [0.25, 0.3) is 0 Å². The first kappa shape index (κ1) is 65.3. The van der Waals surface area contributed by atoms with Crippen LogP contribution in [-0.2, 0) is 19.1 Å². The van der Waals surface area contributed by atoms with E-state index in [2.05, 4.69) is 184 Å². The molecule has 0 spiro atoms. The van der Waals surface area contributed by atoms with Gasteiger partial charge < -0.3 is 14.6 Å². The molecule has 0 aliphatic carbocycles. The van der Waals surface area contributed by atoms with Gasteiger partial charge in [-0.1, -0.05) is 235 Å². The Morgan fingerprint density at radius 2 is 0.571 bits per heavy atom. The number of rotatable bonds is 48. The lowest BCUT2D eigenvalue weighted by molar-refractivity contribution is -0.161. The van der Waals surface area contributed by atoms with E-state index >= 15 is 0 Å². The maximum Gasteiger partial charge on any atom is 0.306 e. The molecule has 0 aromatic heterocycles. The summed E-state index contributed by atoms with van der Waals surface area (Å²) >= 11 is 0. The van der Waals surface area contributed by atoms with Crippen molar-refractivity contribution in [2.75, 3.05) is 13.2 Å². The molecular weight excluding hydrogens is 861 g/mol. The highest BCUT2D eigenvalue weighted by molar-refractivity contribution is 5.70. The van der Waals surface area contributed by atoms with E-state index in [0.717, 1.165) is 148 Å². The zero-order chi connectivity index (χ0) is 50.6. The van der Waals surface area contributed by atoms with Crippen molar-refractivity contribution in [3.05, 3.63) is 170 Å². The van der Waals surface area contributed by atoms with Crippen molar-refractivity contribution in [2.24, 2.45) is 0 Å². The summed E-state index contributed by atoms with van der Waals surface area (Å²) in [5, 5.41) is 9.65. The molecule has 0 radical (unpaired) electrons. The van der Waals surface area contributed by atoms with Crippen LogP contribution in [0, 0.1) is 0 Å². The first-order valence-corrected chi connectivity index (χ1v) is 27.7. The number of esters is 2. The molecule has 0 aliphatic heterocycles. The highest BCUT2D eigenvalue weighted by Crippen LogP contribution is 2.13. The van der Waals surface area contributed by atoms with E-state index in [1.165, 1.54) is 32.1 Å². The zero-order valence-corrected chi connectivity index (χ0v) is 44.5. The lowest BCUT2D eigenvalue weighted by atomic mass is 10.1. The Bertz CT molecular complexity index is 1600. The Morgan fingerprint density at radius 1 is 0.329 bits per heavy atom. The molecule has 0 aromatic carbocycles. The second-order valence-electron chi connectivity index (χ2n) is 17.5. The Morgan fingerprint density at radius 3 is 0.857 bits per heavy atom. The Kier molecular flexibility index (Phi) is 54.6. The van der Waals surface area contributed by atoms with Gasteiger partial charge >= 0.3 is 11.9 Å². The Labute approximate surface area is 430 Å². The van der Waals surface area contributed by atoms with Gasteiger partial charge in [-0.25, -0.2) is 0 Å². The number of ether oxygens (including phenoxy) is 2. The van der Waals surface area contributed by atoms with Crippen molar-refractivity contribution in [3.63, 3.8) is 0 Å². The average Bonchev–Trinajstić information content (AvgIpc) is 3.36. The molecule has 0 rings (SSSR count). The lowest BCUT2D eigenvalue weighted by Gasteiger charge is -2.15. The van der Waals surface area contributed by atoms with Gasteiger partial charge in [0, 0.05) is 12.8 Å². The molecule has 0 saturated carbocycles. The van der Waals surface area contributed by atoms with Crippen LogP contribution < -0.4 is 0 Å². The molecule has 0 aromatic rings. The third-order valence-corrected chi connectivity index (χ3v) is 11.0. The zero-order valence-electron chi connectivity index (χ0n) is 44.5. The van der Waals surface area contributed by atoms with Crippen LogP contribution in [0.2, 0.25) is 0 Å². The predicted octanol–water partition coefficient (Wildman–Crippen LogP) is 19.0. The number of unbranched alkanes of at least 4 members (excludes halogenated alkanes) is 12. The fourth-order valence-electron chi connectivity index (χ4n) is 6.93. The van der Waals surface area contributed by atoms with E-state index < -0.39 is 6.10 Å². The quantitative estimate of drug-likeness (QED) is 0.0374. The lowest BCUT2D eigenvalue weighted by Crippen LogP contribution is -2.28. The van der Waals surface area contributed by atoms with Crippen molar-refractivity contribution in [1.82, 2.24) is 0 Å². The van der Waals surface area contributed by atoms with Crippen molar-refractivity contribution >= 4 is 11.9 Å². The van der Waals surface area contributed by atoms with Crippen LogP contribution in [0.15, 0.2) is 170 Å². The largest absolute Gasteiger partial charge is 0.462 e. The van der Waals surface area contributed by atoms with Crippen LogP contribution in [0.25, 0.3) is 0 Å². The predicted molar refractivity (Wildman–Crippen MR) is 306 cm³/mol. The fourth-order valence-corrected chi connectivity index (χ4v) is 6.93. The summed E-state index contributed by atoms with van der Waals surface area (Å²) in [5.74, 6) is -0.644. The van der Waals surface area contributed by atoms with Crippen LogP contribution in [-0.4, -0.2) is 36.4 Å². The van der Waals surface area contributed by atoms with Gasteiger partial charge in [0.2, 0.25) is 0 Å². The standard InChI is InChI=1S/C65H100O5/c1-3-5-7-9-11-13-15-17-19-21-23-25-27-29-31-32-34-36-38-40-42-44-46-48-50-52-54-56-58-60-65(68)70-63(61-66)62-69-64(67)59-57-55-53-51-49-47-45-43-41-39-37-35-33-30-28-26-24-22-20-18-16-14-12-10-8-6-4-2/h5-8,11-14,17-20,23-26,29-31,33-34,36-37,39-40,42,46,48,63,66H,3-4,9-10,15-16,21-22,27-28,32,35,38,41,43-45,47,49-62H2,1-2H3/b7-5-,8-6-,13-11-,14-12-,19-17-,20-18-,25-23-,26-24-,31-29-,33-30-,36-34-,39-37-,42-40-,48-46-. The molecule has 0 heterocycles. The topological polar surface area (TPSA) is 72.8 Å². The fraction of sp³-hybridized carbons (Fsp3) is 0.538. The SMILES string of the molecule is CC/C=C\C/C=C\C/C=C\C/C=C\C/C=C\C/C=C\C/C=C\C/C=C\CCCCCCC(=O)OC(CO)COC(=O)CCCCCCCCCC/C=C\C/C=C\C/C=C\C/C=C\C/C=C\C/C=C\CC. The first-order valence-electron chi connectivity index (χ1n) is 27.7. The highest BCUT2D eigenvalue weighted by Gasteiger charge is 2.16. The third-order valence-electron chi connectivity index (χ3n) is 11.0. The minimum Gasteiger partial charge on any atom is -0.462 e. The summed E-state index contributed by atoms with van der Waals surface area (Å²) in [6, 6.07) is 0. The van der Waals surface area contributed by atoms with E-state index in [1.807, 2.05) is 0 Å². The molecule has 0 bridgehead atoms. The van der Waals surface area contributed by atoms with Crippen LogP contribution in [0.3, 0.4) is 0 Å². The van der Waals surface area contributed by atoms with E-state index in [0.29, 0.717) is 12.8 Å².